The number of rotatable bonds is 2. The van der Waals surface area contributed by atoms with E-state index in [1.54, 1.807) is 6.33 Å². The number of aromatic amines is 1. The van der Waals surface area contributed by atoms with Crippen LogP contribution in [0.4, 0.5) is 0 Å². The second-order valence-electron chi connectivity index (χ2n) is 5.85. The number of aromatic nitrogens is 4. The van der Waals surface area contributed by atoms with Gasteiger partial charge in [0.2, 0.25) is 0 Å². The van der Waals surface area contributed by atoms with Gasteiger partial charge in [0.1, 0.15) is 0 Å². The van der Waals surface area contributed by atoms with Gasteiger partial charge in [-0.15, -0.1) is 0 Å². The number of benzene rings is 2. The Morgan fingerprint density at radius 1 is 0.846 bits per heavy atom. The molecule has 0 aliphatic carbocycles. The van der Waals surface area contributed by atoms with Crippen molar-refractivity contribution in [2.75, 3.05) is 0 Å². The third-order valence-corrected chi connectivity index (χ3v) is 7.18. The molecule has 26 heavy (non-hydrogen) atoms. The number of H-pyrrole nitrogens is 1. The van der Waals surface area contributed by atoms with E-state index in [1.807, 2.05) is 36.4 Å². The molecule has 5 rings (SSSR count). The summed E-state index contributed by atoms with van der Waals surface area (Å²) in [5.74, 6) is 0. The molecule has 6 heteroatoms. The zero-order valence-electron chi connectivity index (χ0n) is 13.5. The number of nitrogens with zero attached hydrogens (tertiary/aromatic N) is 3. The van der Waals surface area contributed by atoms with Crippen LogP contribution >= 0.6 is 12.2 Å². The molecule has 0 saturated carbocycles. The molecule has 0 unspecified atom stereocenters. The summed E-state index contributed by atoms with van der Waals surface area (Å²) >= 11 is 5.46. The van der Waals surface area contributed by atoms with Crippen LogP contribution in [0.25, 0.3) is 41.9 Å². The van der Waals surface area contributed by atoms with E-state index in [0.717, 1.165) is 41.9 Å². The Bertz CT molecular complexity index is 1290. The fourth-order valence-electron chi connectivity index (χ4n) is 3.17. The molecule has 0 spiro atoms. The number of hydrogen-bond donors (Lipinski definition) is 1. The van der Waals surface area contributed by atoms with Crippen molar-refractivity contribution in [3.05, 3.63) is 71.6 Å². The summed E-state index contributed by atoms with van der Waals surface area (Å²) in [4.78, 5) is 7.55. The molecule has 3 aromatic heterocycles. The zero-order chi connectivity index (χ0) is 17.5. The molecule has 0 aliphatic heterocycles. The Morgan fingerprint density at radius 2 is 1.54 bits per heavy atom. The third-order valence-electron chi connectivity index (χ3n) is 4.31. The van der Waals surface area contributed by atoms with Crippen LogP contribution in [0.3, 0.4) is 0 Å². The molecule has 0 bridgehead atoms. The summed E-state index contributed by atoms with van der Waals surface area (Å²) in [5, 5.41) is 10.3. The molecule has 5 aromatic rings. The van der Waals surface area contributed by atoms with Crippen LogP contribution in [0.2, 0.25) is 0 Å². The van der Waals surface area contributed by atoms with Crippen LogP contribution in [0.1, 0.15) is 0 Å². The van der Waals surface area contributed by atoms with Crippen molar-refractivity contribution in [1.29, 1.82) is 0 Å². The first kappa shape index (κ1) is 15.6. The van der Waals surface area contributed by atoms with E-state index < -0.39 is 0 Å². The summed E-state index contributed by atoms with van der Waals surface area (Å²) in [6.07, 6.45) is 1.67. The van der Waals surface area contributed by atoms with Gasteiger partial charge in [0.15, 0.2) is 0 Å². The predicted molar refractivity (Wildman–Crippen MR) is 108 cm³/mol. The minimum atomic E-state index is 0.0122. The van der Waals surface area contributed by atoms with Crippen molar-refractivity contribution in [2.45, 2.75) is 0 Å². The van der Waals surface area contributed by atoms with E-state index in [-0.39, 0.29) is 14.5 Å². The van der Waals surface area contributed by atoms with Gasteiger partial charge < -0.3 is 0 Å². The molecule has 124 valence electrons. The average Bonchev–Trinajstić information content (AvgIpc) is 3.09. The first-order chi connectivity index (χ1) is 12.8. The molecule has 0 radical (unpaired) electrons. The molecule has 0 aliphatic rings. The summed E-state index contributed by atoms with van der Waals surface area (Å²) in [6.45, 7) is 0. The summed E-state index contributed by atoms with van der Waals surface area (Å²) < 4.78 is 2.74. The fraction of sp³-hybridized carbons (Fsp3) is 0. The van der Waals surface area contributed by atoms with Gasteiger partial charge in [-0.05, 0) is 0 Å². The Morgan fingerprint density at radius 3 is 2.27 bits per heavy atom. The van der Waals surface area contributed by atoms with Gasteiger partial charge in [-0.2, -0.15) is 0 Å². The quantitative estimate of drug-likeness (QED) is 0.335. The molecule has 0 atom stereocenters. The van der Waals surface area contributed by atoms with Gasteiger partial charge in [-0.25, -0.2) is 0 Å². The monoisotopic (exact) mass is 420 g/mol. The Balaban J connectivity index is 1.99. The SMILES string of the molecule is S=c1nc[nH]c2c1[se]c1nnc(-c3ccccc3)c(-c3ccccc3)c12. The van der Waals surface area contributed by atoms with E-state index in [4.69, 9.17) is 12.2 Å². The molecular formula is C20H12N4SSe. The molecule has 0 saturated heterocycles. The standard InChI is InChI=1S/C20H12N4SSe/c25-19-18-17(21-11-22-19)15-14(12-7-3-1-4-8-12)16(23-24-20(15)26-18)13-9-5-2-6-10-13/h1-11H,(H,21,22,25). The van der Waals surface area contributed by atoms with Crippen LogP contribution in [-0.2, 0) is 0 Å². The summed E-state index contributed by atoms with van der Waals surface area (Å²) in [6, 6.07) is 20.5. The minimum absolute atomic E-state index is 0.0122. The molecule has 0 amide bonds. The Hall–Kier alpha value is -2.66. The summed E-state index contributed by atoms with van der Waals surface area (Å²) in [7, 11) is 0. The topological polar surface area (TPSA) is 54.5 Å². The first-order valence-corrected chi connectivity index (χ1v) is 10.2. The van der Waals surface area contributed by atoms with Crippen LogP contribution < -0.4 is 0 Å². The van der Waals surface area contributed by atoms with Crippen LogP contribution in [0.15, 0.2) is 67.0 Å². The number of fused-ring (bicyclic) bond motifs is 3. The maximum absolute atomic E-state index is 5.45. The Kier molecular flexibility index (Phi) is 3.75. The number of nitrogens with one attached hydrogen (secondary N) is 1. The van der Waals surface area contributed by atoms with E-state index in [1.165, 1.54) is 0 Å². The third kappa shape index (κ3) is 2.42. The van der Waals surface area contributed by atoms with Gasteiger partial charge in [-0.3, -0.25) is 0 Å². The van der Waals surface area contributed by atoms with Crippen molar-refractivity contribution in [2.24, 2.45) is 0 Å². The van der Waals surface area contributed by atoms with Crippen LogP contribution in [0.5, 0.6) is 0 Å². The normalized spacial score (nSPS) is 11.2. The van der Waals surface area contributed by atoms with Crippen LogP contribution in [0, 0.1) is 4.64 Å². The van der Waals surface area contributed by atoms with Crippen molar-refractivity contribution < 1.29 is 0 Å². The Labute approximate surface area is 160 Å². The molecule has 3 heterocycles. The van der Waals surface area contributed by atoms with Gasteiger partial charge >= 0.3 is 160 Å². The molecule has 1 N–H and O–H groups in total. The van der Waals surface area contributed by atoms with Crippen LogP contribution in [-0.4, -0.2) is 34.7 Å². The summed E-state index contributed by atoms with van der Waals surface area (Å²) in [5.41, 5.74) is 5.19. The van der Waals surface area contributed by atoms with Crippen molar-refractivity contribution in [1.82, 2.24) is 20.2 Å². The fourth-order valence-corrected chi connectivity index (χ4v) is 5.61. The van der Waals surface area contributed by atoms with Gasteiger partial charge in [-0.1, -0.05) is 0 Å². The molecule has 4 nitrogen and oxygen atoms in total. The maximum atomic E-state index is 5.45. The predicted octanol–water partition coefficient (Wildman–Crippen LogP) is 4.63. The second kappa shape index (κ2) is 6.25. The zero-order valence-corrected chi connectivity index (χ0v) is 16.0. The first-order valence-electron chi connectivity index (χ1n) is 8.10. The van der Waals surface area contributed by atoms with Gasteiger partial charge in [0, 0.05) is 0 Å². The van der Waals surface area contributed by atoms with Crippen molar-refractivity contribution in [3.63, 3.8) is 0 Å². The van der Waals surface area contributed by atoms with E-state index in [2.05, 4.69) is 44.4 Å². The van der Waals surface area contributed by atoms with Crippen molar-refractivity contribution >= 4 is 46.3 Å². The van der Waals surface area contributed by atoms with E-state index >= 15 is 0 Å². The van der Waals surface area contributed by atoms with Crippen molar-refractivity contribution in [3.8, 4) is 22.4 Å². The average molecular weight is 419 g/mol. The molecular weight excluding hydrogens is 407 g/mol. The second-order valence-corrected chi connectivity index (χ2v) is 8.33. The van der Waals surface area contributed by atoms with E-state index in [9.17, 15) is 0 Å². The van der Waals surface area contributed by atoms with Gasteiger partial charge in [0.05, 0.1) is 0 Å². The van der Waals surface area contributed by atoms with E-state index in [0.29, 0.717) is 4.64 Å². The number of hydrogen-bond acceptors (Lipinski definition) is 4. The van der Waals surface area contributed by atoms with Gasteiger partial charge in [0.25, 0.3) is 0 Å². The molecule has 2 aromatic carbocycles. The molecule has 0 fully saturated rings.